The standard InChI is InChI=1S/C27H37N3O4S/c1-19-9-8-10-23(15-19)17-29(22(4)27(32)28-24-11-6-7-12-24)26(31)18-30(35(5,33)34)25-16-20(2)13-14-21(25)3/h8-10,13-16,22,24H,6-7,11-12,17-18H2,1-5H3,(H,28,32)/t22-/m1/s1. The van der Waals surface area contributed by atoms with Crippen molar-refractivity contribution in [2.24, 2.45) is 0 Å². The molecule has 1 fully saturated rings. The number of nitrogens with one attached hydrogen (secondary N) is 1. The third-order valence-corrected chi connectivity index (χ3v) is 7.74. The summed E-state index contributed by atoms with van der Waals surface area (Å²) in [5, 5.41) is 3.08. The van der Waals surface area contributed by atoms with Gasteiger partial charge in [-0.05, 0) is 63.3 Å². The monoisotopic (exact) mass is 499 g/mol. The largest absolute Gasteiger partial charge is 0.352 e. The number of amides is 2. The zero-order chi connectivity index (χ0) is 25.8. The second-order valence-corrected chi connectivity index (χ2v) is 11.6. The van der Waals surface area contributed by atoms with E-state index in [4.69, 9.17) is 0 Å². The van der Waals surface area contributed by atoms with Crippen molar-refractivity contribution in [3.8, 4) is 0 Å². The molecule has 0 spiro atoms. The van der Waals surface area contributed by atoms with Crippen LogP contribution in [0.4, 0.5) is 5.69 Å². The summed E-state index contributed by atoms with van der Waals surface area (Å²) in [4.78, 5) is 28.3. The summed E-state index contributed by atoms with van der Waals surface area (Å²) in [5.74, 6) is -0.637. The van der Waals surface area contributed by atoms with Crippen molar-refractivity contribution in [2.75, 3.05) is 17.1 Å². The Bertz CT molecular complexity index is 1170. The summed E-state index contributed by atoms with van der Waals surface area (Å²) in [6.07, 6.45) is 5.16. The van der Waals surface area contributed by atoms with Gasteiger partial charge in [-0.3, -0.25) is 13.9 Å². The minimum Gasteiger partial charge on any atom is -0.352 e. The molecular weight excluding hydrogens is 462 g/mol. The average Bonchev–Trinajstić information content (AvgIpc) is 3.29. The Labute approximate surface area is 209 Å². The van der Waals surface area contributed by atoms with E-state index < -0.39 is 22.0 Å². The Morgan fingerprint density at radius 1 is 1.03 bits per heavy atom. The quantitative estimate of drug-likeness (QED) is 0.568. The van der Waals surface area contributed by atoms with Crippen molar-refractivity contribution in [3.05, 3.63) is 64.7 Å². The molecule has 0 aromatic heterocycles. The minimum atomic E-state index is -3.74. The average molecular weight is 500 g/mol. The molecule has 2 aromatic rings. The van der Waals surface area contributed by atoms with E-state index in [1.165, 1.54) is 4.90 Å². The van der Waals surface area contributed by atoms with Crippen LogP contribution >= 0.6 is 0 Å². The fourth-order valence-electron chi connectivity index (χ4n) is 4.56. The van der Waals surface area contributed by atoms with Crippen LogP contribution in [-0.2, 0) is 26.2 Å². The van der Waals surface area contributed by atoms with Crippen molar-refractivity contribution in [1.29, 1.82) is 0 Å². The predicted molar refractivity (Wildman–Crippen MR) is 140 cm³/mol. The number of hydrogen-bond acceptors (Lipinski definition) is 4. The van der Waals surface area contributed by atoms with Crippen molar-refractivity contribution in [1.82, 2.24) is 10.2 Å². The molecular formula is C27H37N3O4S. The van der Waals surface area contributed by atoms with Gasteiger partial charge in [0.15, 0.2) is 0 Å². The van der Waals surface area contributed by atoms with Gasteiger partial charge < -0.3 is 10.2 Å². The highest BCUT2D eigenvalue weighted by atomic mass is 32.2. The maximum Gasteiger partial charge on any atom is 0.244 e. The van der Waals surface area contributed by atoms with E-state index in [0.717, 1.165) is 58.5 Å². The number of rotatable bonds is 9. The topological polar surface area (TPSA) is 86.8 Å². The summed E-state index contributed by atoms with van der Waals surface area (Å²) < 4.78 is 26.7. The second-order valence-electron chi connectivity index (χ2n) is 9.74. The van der Waals surface area contributed by atoms with E-state index >= 15 is 0 Å². The van der Waals surface area contributed by atoms with Gasteiger partial charge >= 0.3 is 0 Å². The second kappa shape index (κ2) is 11.2. The molecule has 8 heteroatoms. The lowest BCUT2D eigenvalue weighted by Crippen LogP contribution is -2.52. The lowest BCUT2D eigenvalue weighted by molar-refractivity contribution is -0.139. The van der Waals surface area contributed by atoms with E-state index in [1.807, 2.05) is 57.2 Å². The lowest BCUT2D eigenvalue weighted by atomic mass is 10.1. The van der Waals surface area contributed by atoms with Gasteiger partial charge in [0.25, 0.3) is 0 Å². The number of carbonyl (C=O) groups excluding carboxylic acids is 2. The summed E-state index contributed by atoms with van der Waals surface area (Å²) in [5.41, 5.74) is 4.06. The SMILES string of the molecule is Cc1cccc(CN(C(=O)CN(c2cc(C)ccc2C)S(C)(=O)=O)[C@H](C)C(=O)NC2CCCC2)c1. The van der Waals surface area contributed by atoms with E-state index in [2.05, 4.69) is 5.32 Å². The molecule has 1 N–H and O–H groups in total. The minimum absolute atomic E-state index is 0.128. The lowest BCUT2D eigenvalue weighted by Gasteiger charge is -2.32. The fourth-order valence-corrected chi connectivity index (χ4v) is 5.46. The summed E-state index contributed by atoms with van der Waals surface area (Å²) in [7, 11) is -3.74. The first-order valence-electron chi connectivity index (χ1n) is 12.2. The van der Waals surface area contributed by atoms with Crippen LogP contribution in [-0.4, -0.2) is 50.0 Å². The molecule has 1 saturated carbocycles. The van der Waals surface area contributed by atoms with Gasteiger partial charge in [-0.1, -0.05) is 54.8 Å². The number of nitrogens with zero attached hydrogens (tertiary/aromatic N) is 2. The maximum absolute atomic E-state index is 13.7. The molecule has 190 valence electrons. The van der Waals surface area contributed by atoms with E-state index in [0.29, 0.717) is 5.69 Å². The molecule has 0 heterocycles. The molecule has 1 aliphatic rings. The Hall–Kier alpha value is -2.87. The van der Waals surface area contributed by atoms with Crippen molar-refractivity contribution in [3.63, 3.8) is 0 Å². The van der Waals surface area contributed by atoms with Gasteiger partial charge in [0, 0.05) is 12.6 Å². The van der Waals surface area contributed by atoms with E-state index in [9.17, 15) is 18.0 Å². The Morgan fingerprint density at radius 3 is 2.31 bits per heavy atom. The molecule has 0 radical (unpaired) electrons. The van der Waals surface area contributed by atoms with Crippen LogP contribution in [0.15, 0.2) is 42.5 Å². The molecule has 35 heavy (non-hydrogen) atoms. The maximum atomic E-state index is 13.7. The molecule has 7 nitrogen and oxygen atoms in total. The highest BCUT2D eigenvalue weighted by Gasteiger charge is 2.31. The van der Waals surface area contributed by atoms with E-state index in [1.54, 1.807) is 13.0 Å². The molecule has 2 aromatic carbocycles. The normalized spacial score (nSPS) is 15.0. The van der Waals surface area contributed by atoms with Gasteiger partial charge in [0.05, 0.1) is 11.9 Å². The molecule has 0 bridgehead atoms. The molecule has 0 saturated heterocycles. The molecule has 0 aliphatic heterocycles. The number of carbonyl (C=O) groups is 2. The van der Waals surface area contributed by atoms with Crippen LogP contribution in [0.2, 0.25) is 0 Å². The molecule has 0 unspecified atom stereocenters. The Morgan fingerprint density at radius 2 is 1.69 bits per heavy atom. The molecule has 1 aliphatic carbocycles. The van der Waals surface area contributed by atoms with E-state index in [-0.39, 0.29) is 25.0 Å². The molecule has 2 amide bonds. The highest BCUT2D eigenvalue weighted by Crippen LogP contribution is 2.25. The van der Waals surface area contributed by atoms with Crippen LogP contribution in [0.5, 0.6) is 0 Å². The van der Waals surface area contributed by atoms with Crippen molar-refractivity contribution >= 4 is 27.5 Å². The van der Waals surface area contributed by atoms with Gasteiger partial charge in [0.2, 0.25) is 21.8 Å². The number of sulfonamides is 1. The zero-order valence-electron chi connectivity index (χ0n) is 21.4. The number of aryl methyl sites for hydroxylation is 3. The number of anilines is 1. The van der Waals surface area contributed by atoms with Gasteiger partial charge in [-0.25, -0.2) is 8.42 Å². The van der Waals surface area contributed by atoms with Crippen LogP contribution in [0.3, 0.4) is 0 Å². The highest BCUT2D eigenvalue weighted by molar-refractivity contribution is 7.92. The van der Waals surface area contributed by atoms with Gasteiger partial charge in [-0.15, -0.1) is 0 Å². The van der Waals surface area contributed by atoms with Crippen molar-refractivity contribution in [2.45, 2.75) is 72.0 Å². The van der Waals surface area contributed by atoms with Crippen LogP contribution < -0.4 is 9.62 Å². The zero-order valence-corrected chi connectivity index (χ0v) is 22.2. The van der Waals surface area contributed by atoms with Crippen LogP contribution in [0.25, 0.3) is 0 Å². The Balaban J connectivity index is 1.91. The first-order chi connectivity index (χ1) is 16.5. The summed E-state index contributed by atoms with van der Waals surface area (Å²) in [6.45, 7) is 7.21. The number of benzene rings is 2. The van der Waals surface area contributed by atoms with Crippen LogP contribution in [0, 0.1) is 20.8 Å². The number of hydrogen-bond donors (Lipinski definition) is 1. The summed E-state index contributed by atoms with van der Waals surface area (Å²) >= 11 is 0. The first-order valence-corrected chi connectivity index (χ1v) is 14.0. The Kier molecular flexibility index (Phi) is 8.59. The summed E-state index contributed by atoms with van der Waals surface area (Å²) in [6, 6.07) is 12.7. The first kappa shape index (κ1) is 26.7. The molecule has 1 atom stereocenters. The molecule has 3 rings (SSSR count). The third-order valence-electron chi connectivity index (χ3n) is 6.62. The smallest absolute Gasteiger partial charge is 0.244 e. The van der Waals surface area contributed by atoms with Gasteiger partial charge in [0.1, 0.15) is 12.6 Å². The van der Waals surface area contributed by atoms with Crippen LogP contribution in [0.1, 0.15) is 54.9 Å². The van der Waals surface area contributed by atoms with Crippen molar-refractivity contribution < 1.29 is 18.0 Å². The third kappa shape index (κ3) is 7.07. The van der Waals surface area contributed by atoms with Gasteiger partial charge in [-0.2, -0.15) is 0 Å². The predicted octanol–water partition coefficient (Wildman–Crippen LogP) is 3.85. The fraction of sp³-hybridized carbons (Fsp3) is 0.481.